The van der Waals surface area contributed by atoms with E-state index in [9.17, 15) is 4.79 Å². The predicted molar refractivity (Wildman–Crippen MR) is 117 cm³/mol. The molecule has 0 bridgehead atoms. The number of likely N-dealkylation sites (tertiary alicyclic amines) is 1. The van der Waals surface area contributed by atoms with Gasteiger partial charge in [-0.25, -0.2) is 0 Å². The molecule has 2 aromatic carbocycles. The van der Waals surface area contributed by atoms with Crippen LogP contribution in [-0.4, -0.2) is 41.1 Å². The molecule has 31 heavy (non-hydrogen) atoms. The third-order valence-electron chi connectivity index (χ3n) is 5.68. The second kappa shape index (κ2) is 9.75. The first-order valence-electron chi connectivity index (χ1n) is 10.6. The summed E-state index contributed by atoms with van der Waals surface area (Å²) in [5, 5.41) is 7.17. The number of aryl methyl sites for hydroxylation is 1. The molecule has 1 aromatic heterocycles. The molecule has 1 saturated heterocycles. The van der Waals surface area contributed by atoms with Crippen molar-refractivity contribution in [2.24, 2.45) is 5.92 Å². The first-order chi connectivity index (χ1) is 15.1. The van der Waals surface area contributed by atoms with Crippen LogP contribution in [0.25, 0.3) is 11.4 Å². The Labute approximate surface area is 182 Å². The molecular weight excluding hydrogens is 392 g/mol. The maximum atomic E-state index is 12.5. The molecule has 0 radical (unpaired) electrons. The lowest BCUT2D eigenvalue weighted by molar-refractivity contribution is -0.126. The van der Waals surface area contributed by atoms with E-state index in [-0.39, 0.29) is 11.8 Å². The third-order valence-corrected chi connectivity index (χ3v) is 5.68. The first-order valence-corrected chi connectivity index (χ1v) is 10.6. The molecule has 0 spiro atoms. The number of nitrogens with one attached hydrogen (secondary N) is 1. The molecule has 1 N–H and O–H groups in total. The van der Waals surface area contributed by atoms with Crippen molar-refractivity contribution >= 4 is 5.91 Å². The summed E-state index contributed by atoms with van der Waals surface area (Å²) >= 11 is 0. The topological polar surface area (TPSA) is 80.5 Å². The van der Waals surface area contributed by atoms with Gasteiger partial charge >= 0.3 is 0 Å². The second-order valence-electron chi connectivity index (χ2n) is 8.00. The van der Waals surface area contributed by atoms with Crippen molar-refractivity contribution < 1.29 is 14.1 Å². The maximum Gasteiger partial charge on any atom is 0.241 e. The highest BCUT2D eigenvalue weighted by atomic mass is 16.5. The average molecular weight is 421 g/mol. The van der Waals surface area contributed by atoms with Crippen LogP contribution in [-0.2, 0) is 17.9 Å². The van der Waals surface area contributed by atoms with Crippen LogP contribution in [0.4, 0.5) is 0 Å². The second-order valence-corrected chi connectivity index (χ2v) is 8.00. The summed E-state index contributed by atoms with van der Waals surface area (Å²) < 4.78 is 10.6. The van der Waals surface area contributed by atoms with Crippen molar-refractivity contribution in [1.82, 2.24) is 20.4 Å². The van der Waals surface area contributed by atoms with Gasteiger partial charge in [0.1, 0.15) is 5.75 Å². The van der Waals surface area contributed by atoms with Gasteiger partial charge < -0.3 is 14.6 Å². The summed E-state index contributed by atoms with van der Waals surface area (Å²) in [6.45, 7) is 4.91. The van der Waals surface area contributed by atoms with Gasteiger partial charge in [-0.15, -0.1) is 0 Å². The summed E-state index contributed by atoms with van der Waals surface area (Å²) in [5.41, 5.74) is 3.23. The lowest BCUT2D eigenvalue weighted by atomic mass is 9.96. The van der Waals surface area contributed by atoms with Crippen molar-refractivity contribution in [1.29, 1.82) is 0 Å². The van der Waals surface area contributed by atoms with E-state index in [2.05, 4.69) is 39.4 Å². The highest BCUT2D eigenvalue weighted by Gasteiger charge is 2.26. The standard InChI is InChI=1S/C24H28N4O3/c1-17-4-3-5-18(14-17)15-25-24(29)20-10-12-28(13-11-20)16-22-26-23(27-31-22)19-6-8-21(30-2)9-7-19/h3-9,14,20H,10-13,15-16H2,1-2H3,(H,25,29). The van der Waals surface area contributed by atoms with Gasteiger partial charge in [-0.1, -0.05) is 35.0 Å². The molecule has 0 unspecified atom stereocenters. The van der Waals surface area contributed by atoms with Gasteiger partial charge in [0, 0.05) is 18.0 Å². The largest absolute Gasteiger partial charge is 0.497 e. The van der Waals surface area contributed by atoms with E-state index >= 15 is 0 Å². The van der Waals surface area contributed by atoms with E-state index in [0.717, 1.165) is 42.8 Å². The monoisotopic (exact) mass is 420 g/mol. The normalized spacial score (nSPS) is 15.0. The van der Waals surface area contributed by atoms with E-state index in [1.165, 1.54) is 5.56 Å². The summed E-state index contributed by atoms with van der Waals surface area (Å²) in [5.74, 6) is 2.15. The number of piperidine rings is 1. The molecule has 0 atom stereocenters. The summed E-state index contributed by atoms with van der Waals surface area (Å²) in [6.07, 6.45) is 1.66. The van der Waals surface area contributed by atoms with E-state index in [1.807, 2.05) is 36.4 Å². The first kappa shape index (κ1) is 21.1. The van der Waals surface area contributed by atoms with Crippen LogP contribution >= 0.6 is 0 Å². The van der Waals surface area contributed by atoms with Crippen LogP contribution < -0.4 is 10.1 Å². The van der Waals surface area contributed by atoms with E-state index in [4.69, 9.17) is 9.26 Å². The minimum absolute atomic E-state index is 0.0543. The van der Waals surface area contributed by atoms with Crippen molar-refractivity contribution in [3.8, 4) is 17.1 Å². The van der Waals surface area contributed by atoms with Crippen LogP contribution in [0, 0.1) is 12.8 Å². The number of amides is 1. The minimum Gasteiger partial charge on any atom is -0.497 e. The minimum atomic E-state index is 0.0543. The summed E-state index contributed by atoms with van der Waals surface area (Å²) in [4.78, 5) is 19.3. The molecule has 162 valence electrons. The van der Waals surface area contributed by atoms with E-state index < -0.39 is 0 Å². The van der Waals surface area contributed by atoms with Gasteiger partial charge in [0.15, 0.2) is 0 Å². The molecule has 1 aliphatic heterocycles. The van der Waals surface area contributed by atoms with Gasteiger partial charge in [-0.3, -0.25) is 9.69 Å². The molecule has 0 aliphatic carbocycles. The Kier molecular flexibility index (Phi) is 6.62. The van der Waals surface area contributed by atoms with Crippen LogP contribution in [0.3, 0.4) is 0 Å². The van der Waals surface area contributed by atoms with Gasteiger partial charge in [0.2, 0.25) is 17.6 Å². The number of methoxy groups -OCH3 is 1. The van der Waals surface area contributed by atoms with Crippen LogP contribution in [0.5, 0.6) is 5.75 Å². The highest BCUT2D eigenvalue weighted by molar-refractivity contribution is 5.78. The lowest BCUT2D eigenvalue weighted by Gasteiger charge is -2.30. The molecule has 3 aromatic rings. The molecule has 1 aliphatic rings. The highest BCUT2D eigenvalue weighted by Crippen LogP contribution is 2.22. The van der Waals surface area contributed by atoms with E-state index in [1.54, 1.807) is 7.11 Å². The number of hydrogen-bond acceptors (Lipinski definition) is 6. The van der Waals surface area contributed by atoms with Gasteiger partial charge in [0.05, 0.1) is 13.7 Å². The molecule has 7 nitrogen and oxygen atoms in total. The smallest absolute Gasteiger partial charge is 0.241 e. The molecule has 1 amide bonds. The van der Waals surface area contributed by atoms with Crippen LogP contribution in [0.15, 0.2) is 53.1 Å². The van der Waals surface area contributed by atoms with Crippen LogP contribution in [0.2, 0.25) is 0 Å². The lowest BCUT2D eigenvalue weighted by Crippen LogP contribution is -2.40. The number of aromatic nitrogens is 2. The SMILES string of the molecule is COc1ccc(-c2noc(CN3CCC(C(=O)NCc4cccc(C)c4)CC3)n2)cc1. The fraction of sp³-hybridized carbons (Fsp3) is 0.375. The number of hydrogen-bond donors (Lipinski definition) is 1. The fourth-order valence-electron chi connectivity index (χ4n) is 3.88. The van der Waals surface area contributed by atoms with Crippen molar-refractivity contribution in [3.63, 3.8) is 0 Å². The number of carbonyl (C=O) groups excluding carboxylic acids is 1. The Bertz CT molecular complexity index is 1010. The zero-order valence-electron chi connectivity index (χ0n) is 18.0. The van der Waals surface area contributed by atoms with Crippen molar-refractivity contribution in [2.45, 2.75) is 32.9 Å². The molecule has 7 heteroatoms. The quantitative estimate of drug-likeness (QED) is 0.629. The Morgan fingerprint density at radius 2 is 1.97 bits per heavy atom. The molecule has 4 rings (SSSR count). The molecule has 0 saturated carbocycles. The zero-order valence-corrected chi connectivity index (χ0v) is 18.0. The Morgan fingerprint density at radius 3 is 2.68 bits per heavy atom. The maximum absolute atomic E-state index is 12.5. The Morgan fingerprint density at radius 1 is 1.19 bits per heavy atom. The number of benzene rings is 2. The van der Waals surface area contributed by atoms with Crippen LogP contribution in [0.1, 0.15) is 29.9 Å². The van der Waals surface area contributed by atoms with Crippen molar-refractivity contribution in [3.05, 3.63) is 65.5 Å². The number of nitrogens with zero attached hydrogens (tertiary/aromatic N) is 3. The zero-order chi connectivity index (χ0) is 21.6. The molecule has 2 heterocycles. The number of rotatable bonds is 7. The molecule has 1 fully saturated rings. The van der Waals surface area contributed by atoms with Gasteiger partial charge in [-0.05, 0) is 62.7 Å². The fourth-order valence-corrected chi connectivity index (χ4v) is 3.88. The third kappa shape index (κ3) is 5.49. The van der Waals surface area contributed by atoms with E-state index in [0.29, 0.717) is 24.8 Å². The summed E-state index contributed by atoms with van der Waals surface area (Å²) in [7, 11) is 1.64. The average Bonchev–Trinajstić information content (AvgIpc) is 3.26. The Hall–Kier alpha value is -3.19. The number of carbonyl (C=O) groups is 1. The van der Waals surface area contributed by atoms with Crippen molar-refractivity contribution in [2.75, 3.05) is 20.2 Å². The Balaban J connectivity index is 1.24. The van der Waals surface area contributed by atoms with Gasteiger partial charge in [0.25, 0.3) is 0 Å². The molecular formula is C24H28N4O3. The predicted octanol–water partition coefficient (Wildman–Crippen LogP) is 3.58. The van der Waals surface area contributed by atoms with Gasteiger partial charge in [-0.2, -0.15) is 4.98 Å². The number of ether oxygens (including phenoxy) is 1. The summed E-state index contributed by atoms with van der Waals surface area (Å²) in [6, 6.07) is 15.8.